The Kier molecular flexibility index (Phi) is 5.29. The third kappa shape index (κ3) is 2.99. The Balaban J connectivity index is 1.87. The molecule has 2 heterocycles. The molecule has 2 aliphatic rings. The quantitative estimate of drug-likeness (QED) is 0.504. The Bertz CT molecular complexity index is 1220. The van der Waals surface area contributed by atoms with Crippen molar-refractivity contribution in [2.24, 2.45) is 5.92 Å². The molecule has 1 aromatic heterocycles. The van der Waals surface area contributed by atoms with Crippen molar-refractivity contribution in [1.82, 2.24) is 9.88 Å². The number of rotatable bonds is 3. The minimum Gasteiger partial charge on any atom is -0.478 e. The van der Waals surface area contributed by atoms with Crippen LogP contribution in [-0.4, -0.2) is 46.2 Å². The zero-order chi connectivity index (χ0) is 23.5. The lowest BCUT2D eigenvalue weighted by Crippen LogP contribution is -2.52. The minimum absolute atomic E-state index is 0.204. The van der Waals surface area contributed by atoms with Crippen LogP contribution in [0.5, 0.6) is 5.75 Å². The predicted octanol–water partition coefficient (Wildman–Crippen LogP) is 3.84. The molecule has 1 saturated carbocycles. The van der Waals surface area contributed by atoms with Gasteiger partial charge in [-0.3, -0.25) is 4.79 Å². The molecule has 1 fully saturated rings. The van der Waals surface area contributed by atoms with E-state index in [1.165, 1.54) is 17.2 Å². The number of pyridine rings is 1. The first kappa shape index (κ1) is 22.3. The van der Waals surface area contributed by atoms with Gasteiger partial charge in [0.05, 0.1) is 11.5 Å². The fraction of sp³-hybridized carbons (Fsp3) is 0.280. The maximum Gasteiger partial charge on any atom is 0.228 e. The van der Waals surface area contributed by atoms with Gasteiger partial charge in [-0.25, -0.2) is 4.98 Å². The third-order valence-corrected chi connectivity index (χ3v) is 7.54. The number of nitrogens with zero attached hydrogens (tertiary/aromatic N) is 2. The summed E-state index contributed by atoms with van der Waals surface area (Å²) in [5.41, 5.74) is -1.76. The summed E-state index contributed by atoms with van der Waals surface area (Å²) in [6.45, 7) is 0. The molecule has 1 aliphatic heterocycles. The summed E-state index contributed by atoms with van der Waals surface area (Å²) in [5.74, 6) is -1.65. The summed E-state index contributed by atoms with van der Waals surface area (Å²) in [6.07, 6.45) is -0.0445. The van der Waals surface area contributed by atoms with Crippen LogP contribution < -0.4 is 4.74 Å². The number of hydrogen-bond donors (Lipinski definition) is 2. The first-order valence-electron chi connectivity index (χ1n) is 10.5. The summed E-state index contributed by atoms with van der Waals surface area (Å²) in [4.78, 5) is 19.0. The first-order valence-corrected chi connectivity index (χ1v) is 11.7. The number of benzene rings is 2. The van der Waals surface area contributed by atoms with E-state index in [2.05, 4.69) is 20.9 Å². The maximum atomic E-state index is 13.5. The van der Waals surface area contributed by atoms with Crippen LogP contribution in [0.4, 0.5) is 0 Å². The normalized spacial score (nSPS) is 29.8. The van der Waals surface area contributed by atoms with Crippen molar-refractivity contribution < 1.29 is 19.7 Å². The smallest absolute Gasteiger partial charge is 0.228 e. The molecule has 33 heavy (non-hydrogen) atoms. The second kappa shape index (κ2) is 7.81. The van der Waals surface area contributed by atoms with Gasteiger partial charge in [-0.2, -0.15) is 0 Å². The molecular weight excluding hydrogens is 508 g/mol. The van der Waals surface area contributed by atoms with E-state index in [4.69, 9.17) is 16.3 Å². The van der Waals surface area contributed by atoms with Gasteiger partial charge in [0, 0.05) is 36.7 Å². The van der Waals surface area contributed by atoms with Gasteiger partial charge in [0.1, 0.15) is 17.0 Å². The molecule has 170 valence electrons. The van der Waals surface area contributed by atoms with Crippen LogP contribution in [-0.2, 0) is 16.0 Å². The molecule has 0 saturated heterocycles. The van der Waals surface area contributed by atoms with Gasteiger partial charge >= 0.3 is 0 Å². The third-order valence-electron chi connectivity index (χ3n) is 6.80. The zero-order valence-corrected chi connectivity index (χ0v) is 20.3. The van der Waals surface area contributed by atoms with Crippen LogP contribution in [0.15, 0.2) is 71.3 Å². The monoisotopic (exact) mass is 528 g/mol. The number of carbonyl (C=O) groups excluding carboxylic acids is 1. The fourth-order valence-electron chi connectivity index (χ4n) is 5.44. The number of fused-ring (bicyclic) bond motifs is 3. The first-order chi connectivity index (χ1) is 15.7. The highest BCUT2D eigenvalue weighted by molar-refractivity contribution is 9.10. The van der Waals surface area contributed by atoms with Gasteiger partial charge in [-0.1, -0.05) is 70.0 Å². The lowest BCUT2D eigenvalue weighted by atomic mass is 9.71. The molecular formula is C25H22BrClN2O4. The van der Waals surface area contributed by atoms with Gasteiger partial charge in [0.2, 0.25) is 5.91 Å². The standard InChI is InChI=1S/C25H22BrClN2O4/c1-29(2)23(31)20-21(14-6-4-3-5-7-14)25(15-8-10-16(26)11-9-15)24(32,22(20)30)17-13-28-19(27)12-18(17)33-25/h3-13,20-22,30,32H,1-2H3. The summed E-state index contributed by atoms with van der Waals surface area (Å²) in [5, 5.41) is 24.3. The van der Waals surface area contributed by atoms with E-state index in [-0.39, 0.29) is 11.1 Å². The van der Waals surface area contributed by atoms with E-state index in [9.17, 15) is 15.0 Å². The molecule has 5 rings (SSSR count). The van der Waals surface area contributed by atoms with Crippen molar-refractivity contribution in [3.63, 3.8) is 0 Å². The van der Waals surface area contributed by atoms with Crippen LogP contribution >= 0.6 is 27.5 Å². The maximum absolute atomic E-state index is 13.5. The number of aromatic nitrogens is 1. The van der Waals surface area contributed by atoms with E-state index >= 15 is 0 Å². The number of aliphatic hydroxyl groups is 2. The molecule has 0 spiro atoms. The number of aliphatic hydroxyl groups excluding tert-OH is 1. The summed E-state index contributed by atoms with van der Waals surface area (Å²) < 4.78 is 7.45. The van der Waals surface area contributed by atoms with Crippen LogP contribution in [0.25, 0.3) is 0 Å². The van der Waals surface area contributed by atoms with Crippen molar-refractivity contribution in [3.8, 4) is 5.75 Å². The molecule has 2 N–H and O–H groups in total. The topological polar surface area (TPSA) is 82.9 Å². The zero-order valence-electron chi connectivity index (χ0n) is 17.9. The van der Waals surface area contributed by atoms with Crippen molar-refractivity contribution in [3.05, 3.63) is 93.2 Å². The molecule has 8 heteroatoms. The SMILES string of the molecule is CN(C)C(=O)C1C(O)C2(O)c3cnc(Cl)cc3OC2(c2ccc(Br)cc2)C1c1ccccc1. The molecule has 0 bridgehead atoms. The van der Waals surface area contributed by atoms with Crippen LogP contribution in [0.1, 0.15) is 22.6 Å². The molecule has 1 amide bonds. The molecule has 1 aliphatic carbocycles. The number of hydrogen-bond acceptors (Lipinski definition) is 5. The molecule has 3 aromatic rings. The van der Waals surface area contributed by atoms with E-state index in [0.29, 0.717) is 16.9 Å². The van der Waals surface area contributed by atoms with Gasteiger partial charge < -0.3 is 19.8 Å². The summed E-state index contributed by atoms with van der Waals surface area (Å²) in [6, 6.07) is 18.3. The number of carbonyl (C=O) groups is 1. The van der Waals surface area contributed by atoms with Gasteiger partial charge in [0.25, 0.3) is 0 Å². The average Bonchev–Trinajstić information content (AvgIpc) is 3.17. The van der Waals surface area contributed by atoms with Gasteiger partial charge in [-0.15, -0.1) is 0 Å². The van der Waals surface area contributed by atoms with Gasteiger partial charge in [0.15, 0.2) is 11.2 Å². The Morgan fingerprint density at radius 1 is 1.15 bits per heavy atom. The highest BCUT2D eigenvalue weighted by atomic mass is 79.9. The fourth-order valence-corrected chi connectivity index (χ4v) is 5.86. The molecule has 5 unspecified atom stereocenters. The number of ether oxygens (including phenoxy) is 1. The van der Waals surface area contributed by atoms with Crippen molar-refractivity contribution in [2.45, 2.75) is 23.2 Å². The number of amides is 1. The summed E-state index contributed by atoms with van der Waals surface area (Å²) >= 11 is 9.61. The van der Waals surface area contributed by atoms with Crippen LogP contribution in [0.2, 0.25) is 5.15 Å². The largest absolute Gasteiger partial charge is 0.478 e. The minimum atomic E-state index is -1.95. The van der Waals surface area contributed by atoms with E-state index < -0.39 is 29.1 Å². The number of halogens is 2. The Hall–Kier alpha value is -2.45. The van der Waals surface area contributed by atoms with Crippen LogP contribution in [0, 0.1) is 5.92 Å². The second-order valence-corrected chi connectivity index (χ2v) is 10.0. The second-order valence-electron chi connectivity index (χ2n) is 8.71. The Morgan fingerprint density at radius 2 is 1.82 bits per heavy atom. The van der Waals surface area contributed by atoms with Crippen molar-refractivity contribution >= 4 is 33.4 Å². The van der Waals surface area contributed by atoms with Crippen molar-refractivity contribution in [1.29, 1.82) is 0 Å². The highest BCUT2D eigenvalue weighted by Crippen LogP contribution is 2.68. The van der Waals surface area contributed by atoms with Crippen molar-refractivity contribution in [2.75, 3.05) is 14.1 Å². The van der Waals surface area contributed by atoms with E-state index in [0.717, 1.165) is 10.0 Å². The lowest BCUT2D eigenvalue weighted by molar-refractivity contribution is -0.156. The van der Waals surface area contributed by atoms with E-state index in [1.807, 2.05) is 54.6 Å². The highest BCUT2D eigenvalue weighted by Gasteiger charge is 2.77. The Labute approximate surface area is 204 Å². The lowest BCUT2D eigenvalue weighted by Gasteiger charge is -2.40. The molecule has 6 nitrogen and oxygen atoms in total. The predicted molar refractivity (Wildman–Crippen MR) is 127 cm³/mol. The average molecular weight is 530 g/mol. The van der Waals surface area contributed by atoms with Gasteiger partial charge in [-0.05, 0) is 23.3 Å². The molecule has 2 aromatic carbocycles. The molecule has 0 radical (unpaired) electrons. The molecule has 5 atom stereocenters. The van der Waals surface area contributed by atoms with Crippen LogP contribution in [0.3, 0.4) is 0 Å². The Morgan fingerprint density at radius 3 is 2.45 bits per heavy atom. The summed E-state index contributed by atoms with van der Waals surface area (Å²) in [7, 11) is 3.27. The van der Waals surface area contributed by atoms with E-state index in [1.54, 1.807) is 14.1 Å².